The summed E-state index contributed by atoms with van der Waals surface area (Å²) >= 11 is 0. The molecule has 0 spiro atoms. The van der Waals surface area contributed by atoms with Crippen LogP contribution in [0, 0.1) is 0 Å². The van der Waals surface area contributed by atoms with Gasteiger partial charge in [-0.1, -0.05) is 65.9 Å². The number of amides is 4. The zero-order valence-electron chi connectivity index (χ0n) is 25.6. The number of hydrogen-bond donors (Lipinski definition) is 5. The van der Waals surface area contributed by atoms with Gasteiger partial charge in [-0.3, -0.25) is 19.2 Å². The quantitative estimate of drug-likeness (QED) is 0.210. The lowest BCUT2D eigenvalue weighted by Crippen LogP contribution is -2.59. The maximum Gasteiger partial charge on any atom is 0.326 e. The van der Waals surface area contributed by atoms with Crippen LogP contribution in [0.15, 0.2) is 66.9 Å². The number of hydrogen-bond acceptors (Lipinski definition) is 8. The zero-order valence-corrected chi connectivity index (χ0v) is 25.6. The molecule has 1 unspecified atom stereocenters. The molecule has 46 heavy (non-hydrogen) atoms. The number of nitrogens with zero attached hydrogens (tertiary/aromatic N) is 4. The second kappa shape index (κ2) is 14.3. The fourth-order valence-corrected chi connectivity index (χ4v) is 5.77. The Morgan fingerprint density at radius 2 is 1.67 bits per heavy atom. The van der Waals surface area contributed by atoms with Crippen LogP contribution in [0.25, 0.3) is 0 Å². The average Bonchev–Trinajstić information content (AvgIpc) is 3.71. The first-order chi connectivity index (χ1) is 22.1. The molecular formula is C32H38N8O6. The molecule has 2 aromatic carbocycles. The van der Waals surface area contributed by atoms with Gasteiger partial charge < -0.3 is 31.3 Å². The van der Waals surface area contributed by atoms with Gasteiger partial charge in [0.15, 0.2) is 0 Å². The van der Waals surface area contributed by atoms with Gasteiger partial charge in [-0.05, 0) is 25.1 Å². The molecule has 6 atom stereocenters. The maximum absolute atomic E-state index is 14.3. The molecule has 2 aliphatic rings. The number of aromatic nitrogens is 3. The molecule has 242 valence electrons. The summed E-state index contributed by atoms with van der Waals surface area (Å²) in [5.74, 6) is -3.33. The molecule has 5 N–H and O–H groups in total. The van der Waals surface area contributed by atoms with Gasteiger partial charge in [-0.2, -0.15) is 0 Å². The van der Waals surface area contributed by atoms with E-state index in [0.29, 0.717) is 5.69 Å². The Labute approximate surface area is 265 Å². The number of carbonyl (C=O) groups excluding carboxylic acids is 4. The molecule has 14 heteroatoms. The number of likely N-dealkylation sites (N-methyl/N-ethyl adjacent to an activating group) is 1. The van der Waals surface area contributed by atoms with E-state index in [1.807, 2.05) is 36.4 Å². The number of carboxylic acid groups (broad SMARTS) is 1. The first kappa shape index (κ1) is 32.3. The van der Waals surface area contributed by atoms with Crippen LogP contribution in [0.1, 0.15) is 36.2 Å². The molecule has 1 aromatic heterocycles. The molecule has 0 saturated carbocycles. The van der Waals surface area contributed by atoms with Crippen molar-refractivity contribution in [3.8, 4) is 0 Å². The van der Waals surface area contributed by atoms with E-state index in [1.54, 1.807) is 44.4 Å². The van der Waals surface area contributed by atoms with Crippen molar-refractivity contribution < 1.29 is 29.1 Å². The van der Waals surface area contributed by atoms with Gasteiger partial charge in [0.2, 0.25) is 23.6 Å². The van der Waals surface area contributed by atoms with Crippen LogP contribution in [0.4, 0.5) is 0 Å². The molecule has 4 amide bonds. The van der Waals surface area contributed by atoms with Gasteiger partial charge in [0.25, 0.3) is 0 Å². The summed E-state index contributed by atoms with van der Waals surface area (Å²) in [5, 5.41) is 29.2. The van der Waals surface area contributed by atoms with Crippen molar-refractivity contribution in [2.24, 2.45) is 0 Å². The number of fused-ring (bicyclic) bond motifs is 5. The summed E-state index contributed by atoms with van der Waals surface area (Å²) in [6, 6.07) is 12.8. The lowest BCUT2D eigenvalue weighted by molar-refractivity contribution is -0.143. The molecule has 0 aliphatic carbocycles. The minimum atomic E-state index is -1.30. The second-order valence-corrected chi connectivity index (χ2v) is 11.7. The monoisotopic (exact) mass is 630 g/mol. The summed E-state index contributed by atoms with van der Waals surface area (Å²) in [6.07, 6.45) is 1.91. The minimum absolute atomic E-state index is 0.0837. The van der Waals surface area contributed by atoms with E-state index < -0.39 is 59.9 Å². The van der Waals surface area contributed by atoms with Crippen LogP contribution in [-0.2, 0) is 43.2 Å². The number of aliphatic carboxylic acids is 1. The van der Waals surface area contributed by atoms with E-state index in [4.69, 9.17) is 0 Å². The molecule has 5 rings (SSSR count). The highest BCUT2D eigenvalue weighted by atomic mass is 16.4. The standard InChI is InChI=1S/C32H38N8O6/c1-19(33-2)28(41)35-25(14-21-11-7-4-8-12-21)31(44)39-18-23-16-27(39)30(43)34-24(13-20-9-5-3-6-10-20)29(42)36-26(32(45)46)15-22-17-40(23)38-37-22/h3-12,17,19,23-27,33H,13-16,18H2,1-2H3,(H,34,43)(H,35,41)(H,36,42)(H,45,46)/t19-,23-,24?,25-,26-,27-/m0/s1. The summed E-state index contributed by atoms with van der Waals surface area (Å²) in [6.45, 7) is 1.76. The first-order valence-electron chi connectivity index (χ1n) is 15.2. The highest BCUT2D eigenvalue weighted by Gasteiger charge is 2.44. The highest BCUT2D eigenvalue weighted by molar-refractivity contribution is 5.96. The topological polar surface area (TPSA) is 188 Å². The van der Waals surface area contributed by atoms with Crippen LogP contribution >= 0.6 is 0 Å². The van der Waals surface area contributed by atoms with Crippen molar-refractivity contribution in [3.63, 3.8) is 0 Å². The molecule has 1 fully saturated rings. The minimum Gasteiger partial charge on any atom is -0.480 e. The van der Waals surface area contributed by atoms with E-state index in [1.165, 1.54) is 9.58 Å². The van der Waals surface area contributed by atoms with Gasteiger partial charge in [0, 0.05) is 38.4 Å². The Hall–Kier alpha value is -5.11. The molecule has 2 aliphatic heterocycles. The Morgan fingerprint density at radius 1 is 1.00 bits per heavy atom. The third-order valence-electron chi connectivity index (χ3n) is 8.46. The Morgan fingerprint density at radius 3 is 2.33 bits per heavy atom. The molecule has 3 aromatic rings. The van der Waals surface area contributed by atoms with Crippen molar-refractivity contribution in [2.45, 2.75) is 68.9 Å². The van der Waals surface area contributed by atoms with Gasteiger partial charge in [-0.15, -0.1) is 5.10 Å². The number of rotatable bonds is 9. The second-order valence-electron chi connectivity index (χ2n) is 11.7. The number of likely N-dealkylation sites (tertiary alicyclic amines) is 1. The third-order valence-corrected chi connectivity index (χ3v) is 8.46. The lowest BCUT2D eigenvalue weighted by Gasteiger charge is -2.30. The van der Waals surface area contributed by atoms with Crippen molar-refractivity contribution in [2.75, 3.05) is 13.6 Å². The number of nitrogens with one attached hydrogen (secondary N) is 4. The maximum atomic E-state index is 14.3. The highest BCUT2D eigenvalue weighted by Crippen LogP contribution is 2.29. The van der Waals surface area contributed by atoms with Crippen LogP contribution in [0.2, 0.25) is 0 Å². The molecule has 3 heterocycles. The Kier molecular flexibility index (Phi) is 10.1. The van der Waals surface area contributed by atoms with Gasteiger partial charge in [0.1, 0.15) is 24.2 Å². The number of benzene rings is 2. The summed E-state index contributed by atoms with van der Waals surface area (Å²) in [7, 11) is 1.64. The average molecular weight is 631 g/mol. The van der Waals surface area contributed by atoms with E-state index in [-0.39, 0.29) is 38.1 Å². The third kappa shape index (κ3) is 7.57. The zero-order chi connectivity index (χ0) is 32.8. The van der Waals surface area contributed by atoms with Crippen LogP contribution < -0.4 is 21.3 Å². The van der Waals surface area contributed by atoms with E-state index in [0.717, 1.165) is 11.1 Å². The summed E-state index contributed by atoms with van der Waals surface area (Å²) in [5.41, 5.74) is 1.91. The van der Waals surface area contributed by atoms with Crippen molar-refractivity contribution in [1.29, 1.82) is 0 Å². The molecule has 1 saturated heterocycles. The first-order valence-corrected chi connectivity index (χ1v) is 15.2. The Bertz CT molecular complexity index is 1560. The van der Waals surface area contributed by atoms with E-state index in [2.05, 4.69) is 31.6 Å². The predicted molar refractivity (Wildman–Crippen MR) is 165 cm³/mol. The normalized spacial score (nSPS) is 22.7. The predicted octanol–water partition coefficient (Wildman–Crippen LogP) is -0.391. The fraction of sp³-hybridized carbons (Fsp3) is 0.406. The van der Waals surface area contributed by atoms with Crippen LogP contribution in [0.5, 0.6) is 0 Å². The molecule has 14 nitrogen and oxygen atoms in total. The summed E-state index contributed by atoms with van der Waals surface area (Å²) < 4.78 is 1.52. The molecule has 0 radical (unpaired) electrons. The van der Waals surface area contributed by atoms with Crippen molar-refractivity contribution in [3.05, 3.63) is 83.7 Å². The molecule has 4 bridgehead atoms. The number of carboxylic acids is 1. The summed E-state index contributed by atoms with van der Waals surface area (Å²) in [4.78, 5) is 68.3. The molecular weight excluding hydrogens is 592 g/mol. The van der Waals surface area contributed by atoms with Gasteiger partial charge in [0.05, 0.1) is 17.8 Å². The van der Waals surface area contributed by atoms with Crippen LogP contribution in [-0.4, -0.2) is 98.4 Å². The van der Waals surface area contributed by atoms with Gasteiger partial charge >= 0.3 is 5.97 Å². The van der Waals surface area contributed by atoms with Crippen molar-refractivity contribution >= 4 is 29.6 Å². The largest absolute Gasteiger partial charge is 0.480 e. The van der Waals surface area contributed by atoms with E-state index >= 15 is 0 Å². The Balaban J connectivity index is 1.49. The SMILES string of the molecule is CN[C@@H](C)C(=O)N[C@@H](Cc1ccccc1)C(=O)N1C[C@@H]2C[C@H]1C(=O)NC(Cc1ccccc1)C(=O)N[C@H](C(=O)O)Cc1cn2nn1. The van der Waals surface area contributed by atoms with Crippen molar-refractivity contribution in [1.82, 2.24) is 41.2 Å². The van der Waals surface area contributed by atoms with Gasteiger partial charge in [-0.25, -0.2) is 9.48 Å². The van der Waals surface area contributed by atoms with Crippen LogP contribution in [0.3, 0.4) is 0 Å². The lowest BCUT2D eigenvalue weighted by atomic mass is 10.0. The smallest absolute Gasteiger partial charge is 0.326 e. The fourth-order valence-electron chi connectivity index (χ4n) is 5.77. The van der Waals surface area contributed by atoms with E-state index in [9.17, 15) is 29.1 Å². The number of carbonyl (C=O) groups is 5.